The van der Waals surface area contributed by atoms with Gasteiger partial charge in [-0.05, 0) is 61.1 Å². The van der Waals surface area contributed by atoms with Crippen molar-refractivity contribution in [3.8, 4) is 11.3 Å². The van der Waals surface area contributed by atoms with Gasteiger partial charge >= 0.3 is 0 Å². The van der Waals surface area contributed by atoms with Crippen LogP contribution in [-0.2, 0) is 0 Å². The molecule has 1 aliphatic rings. The maximum absolute atomic E-state index is 14.4. The highest BCUT2D eigenvalue weighted by atomic mass is 79.9. The summed E-state index contributed by atoms with van der Waals surface area (Å²) in [6.45, 7) is 2.90. The van der Waals surface area contributed by atoms with Gasteiger partial charge in [0.2, 0.25) is 0 Å². The van der Waals surface area contributed by atoms with Crippen molar-refractivity contribution in [1.29, 1.82) is 0 Å². The number of furan rings is 1. The molecule has 1 saturated heterocycles. The lowest BCUT2D eigenvalue weighted by molar-refractivity contribution is 0.275. The molecule has 0 bridgehead atoms. The zero-order valence-corrected chi connectivity index (χ0v) is 17.6. The Morgan fingerprint density at radius 2 is 2.11 bits per heavy atom. The van der Waals surface area contributed by atoms with E-state index in [2.05, 4.69) is 38.1 Å². The van der Waals surface area contributed by atoms with Gasteiger partial charge in [0.25, 0.3) is 0 Å². The molecule has 144 valence electrons. The summed E-state index contributed by atoms with van der Waals surface area (Å²) < 4.78 is 21.2. The van der Waals surface area contributed by atoms with Crippen molar-refractivity contribution in [3.05, 3.63) is 76.5 Å². The lowest BCUT2D eigenvalue weighted by Gasteiger charge is -2.25. The first-order valence-corrected chi connectivity index (χ1v) is 10.3. The van der Waals surface area contributed by atoms with Crippen LogP contribution in [0.2, 0.25) is 0 Å². The molecule has 0 radical (unpaired) electrons. The summed E-state index contributed by atoms with van der Waals surface area (Å²) in [7, 11) is 0. The maximum Gasteiger partial charge on any atom is 0.170 e. The number of benzene rings is 1. The lowest BCUT2D eigenvalue weighted by Crippen LogP contribution is -2.30. The van der Waals surface area contributed by atoms with E-state index < -0.39 is 0 Å². The normalized spacial score (nSPS) is 19.1. The van der Waals surface area contributed by atoms with E-state index in [1.54, 1.807) is 18.3 Å². The predicted octanol–water partition coefficient (Wildman–Crippen LogP) is 5.63. The zero-order chi connectivity index (χ0) is 19.7. The number of aromatic nitrogens is 1. The molecule has 28 heavy (non-hydrogen) atoms. The highest BCUT2D eigenvalue weighted by molar-refractivity contribution is 9.10. The van der Waals surface area contributed by atoms with Gasteiger partial charge in [-0.15, -0.1) is 0 Å². The Kier molecular flexibility index (Phi) is 5.46. The van der Waals surface area contributed by atoms with E-state index in [9.17, 15) is 4.39 Å². The van der Waals surface area contributed by atoms with Crippen molar-refractivity contribution >= 4 is 33.3 Å². The number of rotatable bonds is 5. The number of thiocarbonyl (C=S) groups is 1. The summed E-state index contributed by atoms with van der Waals surface area (Å²) in [5.41, 5.74) is 1.32. The van der Waals surface area contributed by atoms with Gasteiger partial charge in [0, 0.05) is 17.2 Å². The number of pyridine rings is 1. The number of hydrogen-bond acceptors (Lipinski definition) is 3. The summed E-state index contributed by atoms with van der Waals surface area (Å²) in [6, 6.07) is 14.2. The van der Waals surface area contributed by atoms with Crippen LogP contribution in [0.5, 0.6) is 0 Å². The average molecular weight is 460 g/mol. The molecule has 3 heterocycles. The topological polar surface area (TPSA) is 41.3 Å². The SMILES string of the molecule is CCCN1C(=S)NC(c2ccccn2)C1c1ccc(-c2ccc(Br)cc2F)o1. The molecule has 3 aromatic rings. The Bertz CT molecular complexity index is 994. The van der Waals surface area contributed by atoms with E-state index in [1.165, 1.54) is 6.07 Å². The third kappa shape index (κ3) is 3.56. The Balaban J connectivity index is 1.73. The van der Waals surface area contributed by atoms with Crippen LogP contribution in [0.3, 0.4) is 0 Å². The van der Waals surface area contributed by atoms with Crippen molar-refractivity contribution in [1.82, 2.24) is 15.2 Å². The quantitative estimate of drug-likeness (QED) is 0.501. The first-order valence-electron chi connectivity index (χ1n) is 9.11. The molecule has 4 rings (SSSR count). The molecule has 0 aliphatic carbocycles. The molecule has 7 heteroatoms. The number of nitrogens with one attached hydrogen (secondary N) is 1. The zero-order valence-electron chi connectivity index (χ0n) is 15.2. The molecule has 1 N–H and O–H groups in total. The molecule has 2 atom stereocenters. The van der Waals surface area contributed by atoms with Crippen LogP contribution in [0, 0.1) is 5.82 Å². The van der Waals surface area contributed by atoms with Crippen LogP contribution >= 0.6 is 28.1 Å². The fraction of sp³-hybridized carbons (Fsp3) is 0.238. The average Bonchev–Trinajstić information content (AvgIpc) is 3.28. The second-order valence-corrected chi connectivity index (χ2v) is 7.95. The fourth-order valence-corrected chi connectivity index (χ4v) is 4.21. The molecular weight excluding hydrogens is 441 g/mol. The summed E-state index contributed by atoms with van der Waals surface area (Å²) >= 11 is 8.86. The van der Waals surface area contributed by atoms with Gasteiger partial charge in [0.1, 0.15) is 23.4 Å². The molecule has 0 amide bonds. The molecule has 2 aromatic heterocycles. The second kappa shape index (κ2) is 8.01. The number of halogens is 2. The lowest BCUT2D eigenvalue weighted by atomic mass is 10.0. The van der Waals surface area contributed by atoms with E-state index in [0.717, 1.165) is 24.4 Å². The first-order chi connectivity index (χ1) is 13.6. The minimum atomic E-state index is -0.331. The molecule has 1 aromatic carbocycles. The van der Waals surface area contributed by atoms with Gasteiger partial charge in [-0.1, -0.05) is 28.9 Å². The molecular formula is C21H19BrFN3OS. The molecule has 0 saturated carbocycles. The van der Waals surface area contributed by atoms with Crippen LogP contribution in [0.1, 0.15) is 36.9 Å². The monoisotopic (exact) mass is 459 g/mol. The van der Waals surface area contributed by atoms with Gasteiger partial charge in [-0.2, -0.15) is 0 Å². The fourth-order valence-electron chi connectivity index (χ4n) is 3.54. The van der Waals surface area contributed by atoms with E-state index in [-0.39, 0.29) is 17.9 Å². The van der Waals surface area contributed by atoms with Gasteiger partial charge in [0.05, 0.1) is 17.3 Å². The standard InChI is InChI=1S/C21H19BrFN3OS/c1-2-11-26-20(19(25-21(26)28)16-5-3-4-10-24-16)18-9-8-17(27-18)14-7-6-13(22)12-15(14)23/h3-10,12,19-20H,2,11H2,1H3,(H,25,28). The summed E-state index contributed by atoms with van der Waals surface area (Å²) in [5, 5.41) is 4.05. The van der Waals surface area contributed by atoms with Crippen LogP contribution in [-0.4, -0.2) is 21.5 Å². The van der Waals surface area contributed by atoms with Crippen molar-refractivity contribution < 1.29 is 8.81 Å². The van der Waals surface area contributed by atoms with Gasteiger partial charge < -0.3 is 14.6 Å². The largest absolute Gasteiger partial charge is 0.459 e. The van der Waals surface area contributed by atoms with Crippen molar-refractivity contribution in [2.45, 2.75) is 25.4 Å². The van der Waals surface area contributed by atoms with E-state index >= 15 is 0 Å². The third-order valence-corrected chi connectivity index (χ3v) is 5.62. The Morgan fingerprint density at radius 3 is 2.82 bits per heavy atom. The summed E-state index contributed by atoms with van der Waals surface area (Å²) in [4.78, 5) is 6.62. The smallest absolute Gasteiger partial charge is 0.170 e. The van der Waals surface area contributed by atoms with E-state index in [1.807, 2.05) is 30.3 Å². The number of hydrogen-bond donors (Lipinski definition) is 1. The predicted molar refractivity (Wildman–Crippen MR) is 114 cm³/mol. The van der Waals surface area contributed by atoms with Crippen molar-refractivity contribution in [2.24, 2.45) is 0 Å². The Morgan fingerprint density at radius 1 is 1.25 bits per heavy atom. The maximum atomic E-state index is 14.4. The Labute approximate surface area is 176 Å². The van der Waals surface area contributed by atoms with E-state index in [4.69, 9.17) is 16.6 Å². The van der Waals surface area contributed by atoms with Gasteiger partial charge in [-0.25, -0.2) is 4.39 Å². The van der Waals surface area contributed by atoms with E-state index in [0.29, 0.717) is 20.9 Å². The first kappa shape index (κ1) is 19.1. The van der Waals surface area contributed by atoms with Gasteiger partial charge in [0.15, 0.2) is 5.11 Å². The van der Waals surface area contributed by atoms with Crippen LogP contribution in [0.4, 0.5) is 4.39 Å². The van der Waals surface area contributed by atoms with Crippen molar-refractivity contribution in [2.75, 3.05) is 6.54 Å². The van der Waals surface area contributed by atoms with Crippen LogP contribution in [0.15, 0.2) is 63.6 Å². The minimum Gasteiger partial charge on any atom is -0.459 e. The summed E-state index contributed by atoms with van der Waals surface area (Å²) in [5.74, 6) is 0.893. The van der Waals surface area contributed by atoms with Crippen molar-refractivity contribution in [3.63, 3.8) is 0 Å². The van der Waals surface area contributed by atoms with Crippen LogP contribution < -0.4 is 5.32 Å². The molecule has 0 spiro atoms. The highest BCUT2D eigenvalue weighted by Gasteiger charge is 2.41. The molecule has 1 fully saturated rings. The van der Waals surface area contributed by atoms with Crippen LogP contribution in [0.25, 0.3) is 11.3 Å². The van der Waals surface area contributed by atoms with Gasteiger partial charge in [-0.3, -0.25) is 4.98 Å². The number of nitrogens with zero attached hydrogens (tertiary/aromatic N) is 2. The third-order valence-electron chi connectivity index (χ3n) is 4.78. The molecule has 4 nitrogen and oxygen atoms in total. The highest BCUT2D eigenvalue weighted by Crippen LogP contribution is 2.40. The Hall–Kier alpha value is -2.25. The summed E-state index contributed by atoms with van der Waals surface area (Å²) in [6.07, 6.45) is 2.71. The molecule has 2 unspecified atom stereocenters. The molecule has 1 aliphatic heterocycles. The second-order valence-electron chi connectivity index (χ2n) is 6.65. The minimum absolute atomic E-state index is 0.131.